The van der Waals surface area contributed by atoms with Gasteiger partial charge in [-0.1, -0.05) is 31.7 Å². The number of benzene rings is 2. The third-order valence-electron chi connectivity index (χ3n) is 4.78. The molecular weight excluding hydrogens is 260 g/mol. The van der Waals surface area contributed by atoms with Crippen LogP contribution in [-0.4, -0.2) is 5.11 Å². The quantitative estimate of drug-likeness (QED) is 0.766. The highest BCUT2D eigenvalue weighted by atomic mass is 16.5. The Hall–Kier alpha value is -2.22. The molecule has 1 aliphatic heterocycles. The van der Waals surface area contributed by atoms with Gasteiger partial charge in [0.2, 0.25) is 0 Å². The van der Waals surface area contributed by atoms with Crippen LogP contribution in [0.5, 0.6) is 11.5 Å². The van der Waals surface area contributed by atoms with E-state index in [2.05, 4.69) is 25.6 Å². The maximum Gasteiger partial charge on any atom is 0.131 e. The molecule has 0 bridgehead atoms. The smallest absolute Gasteiger partial charge is 0.131 e. The minimum atomic E-state index is 0.293. The van der Waals surface area contributed by atoms with E-state index in [1.807, 2.05) is 6.07 Å². The molecule has 2 aromatic rings. The van der Waals surface area contributed by atoms with Crippen LogP contribution >= 0.6 is 0 Å². The molecule has 4 rings (SSSR count). The molecule has 1 aliphatic carbocycles. The van der Waals surface area contributed by atoms with Crippen molar-refractivity contribution in [2.75, 3.05) is 0 Å². The maximum atomic E-state index is 9.63. The van der Waals surface area contributed by atoms with E-state index < -0.39 is 0 Å². The summed E-state index contributed by atoms with van der Waals surface area (Å²) < 4.78 is 6.03. The van der Waals surface area contributed by atoms with Gasteiger partial charge < -0.3 is 9.84 Å². The molecule has 1 atom stereocenters. The molecule has 2 aliphatic rings. The molecule has 1 heterocycles. The summed E-state index contributed by atoms with van der Waals surface area (Å²) in [6, 6.07) is 9.83. The van der Waals surface area contributed by atoms with E-state index in [0.717, 1.165) is 29.7 Å². The number of fused-ring (bicyclic) bond motifs is 5. The molecule has 2 aromatic carbocycles. The highest BCUT2D eigenvalue weighted by molar-refractivity contribution is 5.82. The van der Waals surface area contributed by atoms with Crippen LogP contribution in [0.3, 0.4) is 0 Å². The van der Waals surface area contributed by atoms with Crippen molar-refractivity contribution in [3.05, 3.63) is 53.6 Å². The molecule has 0 saturated carbocycles. The zero-order chi connectivity index (χ0) is 14.6. The monoisotopic (exact) mass is 278 g/mol. The number of phenolic OH excluding ortho intramolecular Hbond substituents is 1. The molecule has 0 unspecified atom stereocenters. The summed E-state index contributed by atoms with van der Waals surface area (Å²) in [4.78, 5) is 0. The highest BCUT2D eigenvalue weighted by Crippen LogP contribution is 2.46. The minimum Gasteiger partial charge on any atom is -0.508 e. The van der Waals surface area contributed by atoms with Crippen LogP contribution in [0.1, 0.15) is 30.0 Å². The summed E-state index contributed by atoms with van der Waals surface area (Å²) in [5, 5.41) is 9.63. The summed E-state index contributed by atoms with van der Waals surface area (Å²) >= 11 is 0. The van der Waals surface area contributed by atoms with E-state index in [-0.39, 0.29) is 0 Å². The standard InChI is InChI=1S/C19H18O2/c1-11-3-5-17-15(12(11)2)7-8-18-16-6-4-14(20)9-13(16)10-21-19(17)18/h4,6-9,11,20H,2-3,5,10H2,1H3/t11-/m1/s1. The highest BCUT2D eigenvalue weighted by Gasteiger charge is 2.27. The maximum absolute atomic E-state index is 9.63. The number of hydrogen-bond acceptors (Lipinski definition) is 2. The van der Waals surface area contributed by atoms with Crippen molar-refractivity contribution in [2.24, 2.45) is 5.92 Å². The average molecular weight is 278 g/mol. The van der Waals surface area contributed by atoms with Crippen molar-refractivity contribution in [2.45, 2.75) is 26.4 Å². The lowest BCUT2D eigenvalue weighted by Crippen LogP contribution is -2.14. The third-order valence-corrected chi connectivity index (χ3v) is 4.78. The predicted octanol–water partition coefficient (Wildman–Crippen LogP) is 4.55. The molecule has 0 saturated heterocycles. The van der Waals surface area contributed by atoms with Gasteiger partial charge in [0.1, 0.15) is 18.1 Å². The molecule has 106 valence electrons. The second-order valence-corrected chi connectivity index (χ2v) is 6.06. The van der Waals surface area contributed by atoms with Crippen LogP contribution < -0.4 is 4.74 Å². The van der Waals surface area contributed by atoms with E-state index in [0.29, 0.717) is 18.3 Å². The summed E-state index contributed by atoms with van der Waals surface area (Å²) in [6.07, 6.45) is 2.18. The van der Waals surface area contributed by atoms with Gasteiger partial charge in [0.15, 0.2) is 0 Å². The average Bonchev–Trinajstić information content (AvgIpc) is 2.49. The van der Waals surface area contributed by atoms with Crippen LogP contribution in [0.2, 0.25) is 0 Å². The van der Waals surface area contributed by atoms with Crippen molar-refractivity contribution in [1.82, 2.24) is 0 Å². The first-order valence-electron chi connectivity index (χ1n) is 7.45. The van der Waals surface area contributed by atoms with Gasteiger partial charge in [0.25, 0.3) is 0 Å². The molecule has 0 radical (unpaired) electrons. The van der Waals surface area contributed by atoms with Gasteiger partial charge in [-0.3, -0.25) is 0 Å². The Bertz CT molecular complexity index is 758. The molecule has 21 heavy (non-hydrogen) atoms. The molecule has 1 N–H and O–H groups in total. The Kier molecular flexibility index (Phi) is 2.61. The Labute approximate surface area is 124 Å². The molecule has 2 nitrogen and oxygen atoms in total. The van der Waals surface area contributed by atoms with Gasteiger partial charge in [0.05, 0.1) is 0 Å². The predicted molar refractivity (Wildman–Crippen MR) is 84.4 cm³/mol. The van der Waals surface area contributed by atoms with E-state index in [1.54, 1.807) is 12.1 Å². The van der Waals surface area contributed by atoms with E-state index in [9.17, 15) is 5.11 Å². The number of rotatable bonds is 0. The van der Waals surface area contributed by atoms with E-state index in [4.69, 9.17) is 4.74 Å². The molecule has 0 spiro atoms. The van der Waals surface area contributed by atoms with Gasteiger partial charge in [-0.15, -0.1) is 0 Å². The zero-order valence-corrected chi connectivity index (χ0v) is 12.1. The lowest BCUT2D eigenvalue weighted by molar-refractivity contribution is 0.297. The Balaban J connectivity index is 1.92. The summed E-state index contributed by atoms with van der Waals surface area (Å²) in [6.45, 7) is 7.02. The van der Waals surface area contributed by atoms with Gasteiger partial charge in [-0.05, 0) is 47.6 Å². The number of phenols is 1. The van der Waals surface area contributed by atoms with Crippen molar-refractivity contribution in [3.8, 4) is 22.6 Å². The number of aromatic hydroxyl groups is 1. The van der Waals surface area contributed by atoms with Crippen molar-refractivity contribution < 1.29 is 9.84 Å². The van der Waals surface area contributed by atoms with Crippen molar-refractivity contribution in [3.63, 3.8) is 0 Å². The second kappa shape index (κ2) is 4.39. The fourth-order valence-electron chi connectivity index (χ4n) is 3.47. The number of ether oxygens (including phenoxy) is 1. The second-order valence-electron chi connectivity index (χ2n) is 6.06. The summed E-state index contributed by atoms with van der Waals surface area (Å²) in [5.41, 5.74) is 7.13. The lowest BCUT2D eigenvalue weighted by atomic mass is 9.79. The van der Waals surface area contributed by atoms with E-state index in [1.165, 1.54) is 22.3 Å². The molecule has 0 amide bonds. The topological polar surface area (TPSA) is 29.5 Å². The molecule has 2 heteroatoms. The number of hydrogen-bond donors (Lipinski definition) is 1. The third kappa shape index (κ3) is 1.79. The van der Waals surface area contributed by atoms with Crippen LogP contribution in [-0.2, 0) is 13.0 Å². The largest absolute Gasteiger partial charge is 0.508 e. The first-order chi connectivity index (χ1) is 10.1. The van der Waals surface area contributed by atoms with Gasteiger partial charge in [-0.2, -0.15) is 0 Å². The zero-order valence-electron chi connectivity index (χ0n) is 12.1. The molecule has 0 fully saturated rings. The molecular formula is C19H18O2. The Morgan fingerprint density at radius 1 is 1.14 bits per heavy atom. The van der Waals surface area contributed by atoms with Gasteiger partial charge in [0, 0.05) is 16.7 Å². The van der Waals surface area contributed by atoms with Crippen LogP contribution in [0, 0.1) is 5.92 Å². The normalized spacial score (nSPS) is 19.3. The van der Waals surface area contributed by atoms with Crippen molar-refractivity contribution in [1.29, 1.82) is 0 Å². The Morgan fingerprint density at radius 2 is 1.90 bits per heavy atom. The SMILES string of the molecule is C=C1c2ccc3c(c2CC[C@H]1C)OCc1cc(O)ccc1-3. The van der Waals surface area contributed by atoms with Gasteiger partial charge in [-0.25, -0.2) is 0 Å². The first kappa shape index (κ1) is 12.5. The summed E-state index contributed by atoms with van der Waals surface area (Å²) in [5.74, 6) is 1.85. The van der Waals surface area contributed by atoms with Crippen LogP contribution in [0.4, 0.5) is 0 Å². The van der Waals surface area contributed by atoms with Gasteiger partial charge >= 0.3 is 0 Å². The fourth-order valence-corrected chi connectivity index (χ4v) is 3.47. The lowest BCUT2D eigenvalue weighted by Gasteiger charge is -2.30. The fraction of sp³-hybridized carbons (Fsp3) is 0.263. The van der Waals surface area contributed by atoms with Crippen LogP contribution in [0.15, 0.2) is 36.9 Å². The van der Waals surface area contributed by atoms with Crippen LogP contribution in [0.25, 0.3) is 16.7 Å². The minimum absolute atomic E-state index is 0.293. The first-order valence-corrected chi connectivity index (χ1v) is 7.45. The van der Waals surface area contributed by atoms with E-state index >= 15 is 0 Å². The Morgan fingerprint density at radius 3 is 2.76 bits per heavy atom. The van der Waals surface area contributed by atoms with Crippen molar-refractivity contribution >= 4 is 5.57 Å². The summed E-state index contributed by atoms with van der Waals surface area (Å²) in [7, 11) is 0. The number of allylic oxidation sites excluding steroid dienone is 1. The molecule has 0 aromatic heterocycles.